The number of halogens is 1. The molecule has 136 valence electrons. The molecule has 0 atom stereocenters. The maximum atomic E-state index is 12.9. The summed E-state index contributed by atoms with van der Waals surface area (Å²) in [5.41, 5.74) is 3.49. The predicted molar refractivity (Wildman–Crippen MR) is 105 cm³/mol. The van der Waals surface area contributed by atoms with Gasteiger partial charge in [0.15, 0.2) is 17.3 Å². The zero-order valence-corrected chi connectivity index (χ0v) is 16.7. The van der Waals surface area contributed by atoms with Crippen LogP contribution in [0.3, 0.4) is 0 Å². The van der Waals surface area contributed by atoms with Crippen LogP contribution >= 0.6 is 15.9 Å². The number of aryl methyl sites for hydroxylation is 1. The summed E-state index contributed by atoms with van der Waals surface area (Å²) in [7, 11) is 3.24. The van der Waals surface area contributed by atoms with Crippen LogP contribution in [0.25, 0.3) is 6.08 Å². The van der Waals surface area contributed by atoms with Crippen LogP contribution in [0.4, 0.5) is 0 Å². The Bertz CT molecular complexity index is 871. The molecular formula is C21H21BrO4. The van der Waals surface area contributed by atoms with E-state index in [1.165, 1.54) is 0 Å². The van der Waals surface area contributed by atoms with E-state index in [2.05, 4.69) is 15.9 Å². The summed E-state index contributed by atoms with van der Waals surface area (Å²) in [6, 6.07) is 9.46. The molecule has 1 aliphatic carbocycles. The molecule has 26 heavy (non-hydrogen) atoms. The Kier molecular flexibility index (Phi) is 5.67. The number of carbonyl (C=O) groups excluding carboxylic acids is 1. The first kappa shape index (κ1) is 18.5. The molecule has 0 aliphatic heterocycles. The molecule has 0 fully saturated rings. The third kappa shape index (κ3) is 3.63. The Balaban J connectivity index is 1.96. The molecule has 5 heteroatoms. The number of ether oxygens (including phenoxy) is 3. The first-order valence-corrected chi connectivity index (χ1v) is 9.29. The van der Waals surface area contributed by atoms with E-state index >= 15 is 0 Å². The second-order valence-corrected chi connectivity index (χ2v) is 6.84. The highest BCUT2D eigenvalue weighted by Crippen LogP contribution is 2.38. The second-order valence-electron chi connectivity index (χ2n) is 5.99. The second kappa shape index (κ2) is 7.96. The van der Waals surface area contributed by atoms with Gasteiger partial charge < -0.3 is 14.2 Å². The van der Waals surface area contributed by atoms with Gasteiger partial charge in [0.05, 0.1) is 25.3 Å². The van der Waals surface area contributed by atoms with Gasteiger partial charge in [-0.15, -0.1) is 0 Å². The Morgan fingerprint density at radius 1 is 1.12 bits per heavy atom. The molecule has 0 radical (unpaired) electrons. The van der Waals surface area contributed by atoms with Crippen molar-refractivity contribution in [1.82, 2.24) is 0 Å². The fourth-order valence-corrected chi connectivity index (χ4v) is 3.77. The minimum absolute atomic E-state index is 0.0683. The van der Waals surface area contributed by atoms with Gasteiger partial charge in [0.25, 0.3) is 0 Å². The van der Waals surface area contributed by atoms with Crippen LogP contribution in [0.5, 0.6) is 17.2 Å². The standard InChI is InChI=1S/C21H21BrO4/c1-4-26-19-11-13(10-18(22)21(19)25-3)9-15-6-5-14-12-16(24-2)7-8-17(14)20(15)23/h7-12H,4-6H2,1-3H3/b15-9+. The molecule has 0 N–H and O–H groups in total. The minimum Gasteiger partial charge on any atom is -0.497 e. The van der Waals surface area contributed by atoms with Crippen molar-refractivity contribution in [3.05, 3.63) is 57.1 Å². The Morgan fingerprint density at radius 3 is 2.62 bits per heavy atom. The first-order chi connectivity index (χ1) is 12.6. The van der Waals surface area contributed by atoms with Gasteiger partial charge in [0.2, 0.25) is 0 Å². The highest BCUT2D eigenvalue weighted by atomic mass is 79.9. The summed E-state index contributed by atoms with van der Waals surface area (Å²) < 4.78 is 17.1. The SMILES string of the molecule is CCOc1cc(/C=C2\CCc3cc(OC)ccc3C2=O)cc(Br)c1OC. The van der Waals surface area contributed by atoms with E-state index in [1.807, 2.05) is 43.3 Å². The van der Waals surface area contributed by atoms with E-state index in [0.717, 1.165) is 38.9 Å². The fraction of sp³-hybridized carbons (Fsp3) is 0.286. The lowest BCUT2D eigenvalue weighted by atomic mass is 9.86. The van der Waals surface area contributed by atoms with Crippen molar-refractivity contribution in [3.8, 4) is 17.2 Å². The van der Waals surface area contributed by atoms with Gasteiger partial charge in [-0.1, -0.05) is 0 Å². The van der Waals surface area contributed by atoms with Crippen LogP contribution in [0.15, 0.2) is 40.4 Å². The molecule has 0 aromatic heterocycles. The van der Waals surface area contributed by atoms with Crippen LogP contribution in [-0.2, 0) is 6.42 Å². The van der Waals surface area contributed by atoms with Crippen molar-refractivity contribution in [3.63, 3.8) is 0 Å². The van der Waals surface area contributed by atoms with Crippen LogP contribution < -0.4 is 14.2 Å². The summed E-state index contributed by atoms with van der Waals surface area (Å²) >= 11 is 3.52. The number of rotatable bonds is 5. The average Bonchev–Trinajstić information content (AvgIpc) is 2.64. The zero-order valence-electron chi connectivity index (χ0n) is 15.1. The van der Waals surface area contributed by atoms with Crippen LogP contribution in [-0.4, -0.2) is 26.6 Å². The number of Topliss-reactive ketones (excluding diaryl/α,β-unsaturated/α-hetero) is 1. The molecule has 1 aliphatic rings. The number of methoxy groups -OCH3 is 2. The fourth-order valence-electron chi connectivity index (χ4n) is 3.15. The van der Waals surface area contributed by atoms with Crippen LogP contribution in [0, 0.1) is 0 Å². The number of hydrogen-bond acceptors (Lipinski definition) is 4. The summed E-state index contributed by atoms with van der Waals surface area (Å²) in [5.74, 6) is 2.16. The molecule has 0 spiro atoms. The van der Waals surface area contributed by atoms with Crippen LogP contribution in [0.1, 0.15) is 34.8 Å². The van der Waals surface area contributed by atoms with Gasteiger partial charge >= 0.3 is 0 Å². The first-order valence-electron chi connectivity index (χ1n) is 8.49. The molecule has 0 amide bonds. The van der Waals surface area contributed by atoms with E-state index in [0.29, 0.717) is 24.5 Å². The predicted octanol–water partition coefficient (Wildman–Crippen LogP) is 5.08. The van der Waals surface area contributed by atoms with Crippen molar-refractivity contribution < 1.29 is 19.0 Å². The third-order valence-electron chi connectivity index (χ3n) is 4.39. The van der Waals surface area contributed by atoms with E-state index in [1.54, 1.807) is 14.2 Å². The largest absolute Gasteiger partial charge is 0.497 e. The Labute approximate surface area is 161 Å². The van der Waals surface area contributed by atoms with Gasteiger partial charge in [-0.3, -0.25) is 4.79 Å². The van der Waals surface area contributed by atoms with Gasteiger partial charge in [0, 0.05) is 11.1 Å². The molecule has 3 rings (SSSR count). The highest BCUT2D eigenvalue weighted by Gasteiger charge is 2.22. The van der Waals surface area contributed by atoms with Gasteiger partial charge in [-0.25, -0.2) is 0 Å². The smallest absolute Gasteiger partial charge is 0.189 e. The number of carbonyl (C=O) groups is 1. The highest BCUT2D eigenvalue weighted by molar-refractivity contribution is 9.10. The van der Waals surface area contributed by atoms with Gasteiger partial charge in [-0.2, -0.15) is 0 Å². The maximum absolute atomic E-state index is 12.9. The molecule has 0 unspecified atom stereocenters. The van der Waals surface area contributed by atoms with Crippen molar-refractivity contribution in [2.75, 3.05) is 20.8 Å². The van der Waals surface area contributed by atoms with E-state index in [9.17, 15) is 4.79 Å². The van der Waals surface area contributed by atoms with Crippen molar-refractivity contribution in [2.45, 2.75) is 19.8 Å². The number of benzene rings is 2. The molecule has 0 bridgehead atoms. The van der Waals surface area contributed by atoms with Crippen molar-refractivity contribution in [2.24, 2.45) is 0 Å². The number of allylic oxidation sites excluding steroid dienone is 1. The molecule has 2 aromatic rings. The van der Waals surface area contributed by atoms with Gasteiger partial charge in [0.1, 0.15) is 5.75 Å². The molecule has 2 aromatic carbocycles. The summed E-state index contributed by atoms with van der Waals surface area (Å²) in [5, 5.41) is 0. The Morgan fingerprint density at radius 2 is 1.92 bits per heavy atom. The van der Waals surface area contributed by atoms with Gasteiger partial charge in [-0.05, 0) is 83.2 Å². The lowest BCUT2D eigenvalue weighted by molar-refractivity contribution is 0.102. The Hall–Kier alpha value is -2.27. The third-order valence-corrected chi connectivity index (χ3v) is 4.98. The molecule has 0 saturated heterocycles. The number of ketones is 1. The lowest BCUT2D eigenvalue weighted by Crippen LogP contribution is -2.14. The summed E-state index contributed by atoms with van der Waals surface area (Å²) in [6.45, 7) is 2.46. The quantitative estimate of drug-likeness (QED) is 0.637. The monoisotopic (exact) mass is 416 g/mol. The minimum atomic E-state index is 0.0683. The summed E-state index contributed by atoms with van der Waals surface area (Å²) in [6.07, 6.45) is 3.45. The van der Waals surface area contributed by atoms with Crippen molar-refractivity contribution >= 4 is 27.8 Å². The van der Waals surface area contributed by atoms with E-state index in [-0.39, 0.29) is 5.78 Å². The molecular weight excluding hydrogens is 396 g/mol. The topological polar surface area (TPSA) is 44.8 Å². The summed E-state index contributed by atoms with van der Waals surface area (Å²) in [4.78, 5) is 12.9. The maximum Gasteiger partial charge on any atom is 0.189 e. The molecule has 0 saturated carbocycles. The zero-order chi connectivity index (χ0) is 18.7. The van der Waals surface area contributed by atoms with Crippen molar-refractivity contribution in [1.29, 1.82) is 0 Å². The number of fused-ring (bicyclic) bond motifs is 1. The van der Waals surface area contributed by atoms with Crippen LogP contribution in [0.2, 0.25) is 0 Å². The normalized spacial score (nSPS) is 14.9. The van der Waals surface area contributed by atoms with E-state index < -0.39 is 0 Å². The molecule has 0 heterocycles. The van der Waals surface area contributed by atoms with E-state index in [4.69, 9.17) is 14.2 Å². The molecule has 4 nitrogen and oxygen atoms in total. The average molecular weight is 417 g/mol. The lowest BCUT2D eigenvalue weighted by Gasteiger charge is -2.18. The number of hydrogen-bond donors (Lipinski definition) is 0.